The molecule has 17 heavy (non-hydrogen) atoms. The van der Waals surface area contributed by atoms with Gasteiger partial charge >= 0.3 is 5.97 Å². The van der Waals surface area contributed by atoms with E-state index in [4.69, 9.17) is 5.11 Å². The summed E-state index contributed by atoms with van der Waals surface area (Å²) >= 11 is 1.03. The van der Waals surface area contributed by atoms with Crippen LogP contribution in [0.4, 0.5) is 0 Å². The van der Waals surface area contributed by atoms with Crippen LogP contribution in [0.1, 0.15) is 51.4 Å². The molecule has 0 spiro atoms. The van der Waals surface area contributed by atoms with Gasteiger partial charge in [0.2, 0.25) is 0 Å². The van der Waals surface area contributed by atoms with Gasteiger partial charge in [-0.15, -0.1) is 11.3 Å². The Kier molecular flexibility index (Phi) is 3.78. The van der Waals surface area contributed by atoms with Gasteiger partial charge in [0.25, 0.3) is 5.91 Å². The molecular formula is C12H15NO3S. The van der Waals surface area contributed by atoms with Gasteiger partial charge in [0, 0.05) is 6.04 Å². The molecule has 0 atom stereocenters. The summed E-state index contributed by atoms with van der Waals surface area (Å²) in [7, 11) is 0. The van der Waals surface area contributed by atoms with Crippen molar-refractivity contribution in [2.24, 2.45) is 0 Å². The second-order valence-corrected chi connectivity index (χ2v) is 5.36. The number of aromatic carboxylic acids is 1. The van der Waals surface area contributed by atoms with Crippen LogP contribution in [-0.4, -0.2) is 23.0 Å². The highest BCUT2D eigenvalue weighted by atomic mass is 32.1. The maximum atomic E-state index is 11.9. The summed E-state index contributed by atoms with van der Waals surface area (Å²) in [5.41, 5.74) is 0. The van der Waals surface area contributed by atoms with Crippen molar-refractivity contribution < 1.29 is 14.7 Å². The third kappa shape index (κ3) is 3.06. The van der Waals surface area contributed by atoms with E-state index in [1.165, 1.54) is 12.5 Å². The maximum Gasteiger partial charge on any atom is 0.345 e. The third-order valence-electron chi connectivity index (χ3n) is 2.98. The molecule has 0 unspecified atom stereocenters. The number of rotatable bonds is 3. The first kappa shape index (κ1) is 12.1. The Morgan fingerprint density at radius 1 is 1.18 bits per heavy atom. The minimum Gasteiger partial charge on any atom is -0.477 e. The summed E-state index contributed by atoms with van der Waals surface area (Å²) in [5, 5.41) is 11.7. The Morgan fingerprint density at radius 2 is 1.82 bits per heavy atom. The van der Waals surface area contributed by atoms with E-state index in [1.807, 2.05) is 0 Å². The van der Waals surface area contributed by atoms with Crippen molar-refractivity contribution in [3.05, 3.63) is 21.9 Å². The van der Waals surface area contributed by atoms with E-state index in [0.717, 1.165) is 37.0 Å². The summed E-state index contributed by atoms with van der Waals surface area (Å²) in [6.07, 6.45) is 5.63. The SMILES string of the molecule is O=C(O)c1ccc(C(=O)NC2CCCCC2)s1. The first-order valence-electron chi connectivity index (χ1n) is 5.81. The number of carbonyl (C=O) groups excluding carboxylic acids is 1. The van der Waals surface area contributed by atoms with E-state index in [-0.39, 0.29) is 16.8 Å². The second-order valence-electron chi connectivity index (χ2n) is 4.28. The van der Waals surface area contributed by atoms with Crippen molar-refractivity contribution >= 4 is 23.2 Å². The normalized spacial score (nSPS) is 16.7. The Labute approximate surface area is 104 Å². The van der Waals surface area contributed by atoms with E-state index in [0.29, 0.717) is 4.88 Å². The van der Waals surface area contributed by atoms with Crippen molar-refractivity contribution in [2.45, 2.75) is 38.1 Å². The van der Waals surface area contributed by atoms with Crippen LogP contribution in [-0.2, 0) is 0 Å². The number of nitrogens with one attached hydrogen (secondary N) is 1. The molecule has 0 saturated heterocycles. The van der Waals surface area contributed by atoms with Gasteiger partial charge in [-0.1, -0.05) is 19.3 Å². The molecule has 1 fully saturated rings. The summed E-state index contributed by atoms with van der Waals surface area (Å²) in [5.74, 6) is -1.12. The Hall–Kier alpha value is -1.36. The number of amides is 1. The topological polar surface area (TPSA) is 66.4 Å². The quantitative estimate of drug-likeness (QED) is 0.869. The Balaban J connectivity index is 1.96. The summed E-state index contributed by atoms with van der Waals surface area (Å²) in [6.45, 7) is 0. The molecule has 4 nitrogen and oxygen atoms in total. The van der Waals surface area contributed by atoms with E-state index >= 15 is 0 Å². The Morgan fingerprint density at radius 3 is 2.41 bits per heavy atom. The third-order valence-corrected chi connectivity index (χ3v) is 4.05. The molecule has 5 heteroatoms. The van der Waals surface area contributed by atoms with Gasteiger partial charge in [0.1, 0.15) is 4.88 Å². The zero-order valence-electron chi connectivity index (χ0n) is 9.44. The van der Waals surface area contributed by atoms with Crippen LogP contribution in [0.15, 0.2) is 12.1 Å². The predicted octanol–water partition coefficient (Wildman–Crippen LogP) is 2.51. The van der Waals surface area contributed by atoms with Crippen LogP contribution in [0, 0.1) is 0 Å². The number of carbonyl (C=O) groups is 2. The first-order valence-corrected chi connectivity index (χ1v) is 6.62. The molecule has 1 heterocycles. The van der Waals surface area contributed by atoms with E-state index in [2.05, 4.69) is 5.32 Å². The van der Waals surface area contributed by atoms with Crippen LogP contribution < -0.4 is 5.32 Å². The molecule has 92 valence electrons. The van der Waals surface area contributed by atoms with Gasteiger partial charge < -0.3 is 10.4 Å². The van der Waals surface area contributed by atoms with Gasteiger partial charge in [0.15, 0.2) is 0 Å². The molecule has 0 aromatic carbocycles. The monoisotopic (exact) mass is 253 g/mol. The van der Waals surface area contributed by atoms with Gasteiger partial charge in [-0.3, -0.25) is 4.79 Å². The zero-order chi connectivity index (χ0) is 12.3. The molecule has 0 aliphatic heterocycles. The largest absolute Gasteiger partial charge is 0.477 e. The van der Waals surface area contributed by atoms with Crippen molar-refractivity contribution in [1.82, 2.24) is 5.32 Å². The lowest BCUT2D eigenvalue weighted by molar-refractivity contribution is 0.0702. The molecule has 0 radical (unpaired) electrons. The smallest absolute Gasteiger partial charge is 0.345 e. The van der Waals surface area contributed by atoms with Crippen LogP contribution in [0.2, 0.25) is 0 Å². The summed E-state index contributed by atoms with van der Waals surface area (Å²) in [4.78, 5) is 23.2. The van der Waals surface area contributed by atoms with Gasteiger partial charge in [-0.05, 0) is 25.0 Å². The van der Waals surface area contributed by atoms with E-state index in [9.17, 15) is 9.59 Å². The lowest BCUT2D eigenvalue weighted by atomic mass is 9.95. The van der Waals surface area contributed by atoms with E-state index in [1.54, 1.807) is 6.07 Å². The van der Waals surface area contributed by atoms with Gasteiger partial charge in [0.05, 0.1) is 4.88 Å². The molecule has 2 N–H and O–H groups in total. The van der Waals surface area contributed by atoms with Crippen LogP contribution in [0.25, 0.3) is 0 Å². The van der Waals surface area contributed by atoms with Crippen molar-refractivity contribution in [3.8, 4) is 0 Å². The van der Waals surface area contributed by atoms with Gasteiger partial charge in [-0.25, -0.2) is 4.79 Å². The minimum atomic E-state index is -0.980. The fourth-order valence-corrected chi connectivity index (χ4v) is 2.83. The Bertz CT molecular complexity index is 421. The average molecular weight is 253 g/mol. The lowest BCUT2D eigenvalue weighted by Gasteiger charge is -2.22. The summed E-state index contributed by atoms with van der Waals surface area (Å²) < 4.78 is 0. The molecule has 1 aliphatic carbocycles. The van der Waals surface area contributed by atoms with E-state index < -0.39 is 5.97 Å². The number of carboxylic acids is 1. The van der Waals surface area contributed by atoms with Crippen LogP contribution in [0.3, 0.4) is 0 Å². The molecule has 1 aliphatic rings. The molecule has 2 rings (SSSR count). The number of carboxylic acid groups (broad SMARTS) is 1. The highest BCUT2D eigenvalue weighted by Crippen LogP contribution is 2.20. The molecule has 1 amide bonds. The second kappa shape index (κ2) is 5.31. The highest BCUT2D eigenvalue weighted by Gasteiger charge is 2.18. The predicted molar refractivity (Wildman–Crippen MR) is 65.6 cm³/mol. The van der Waals surface area contributed by atoms with Crippen molar-refractivity contribution in [2.75, 3.05) is 0 Å². The molecule has 1 aromatic rings. The fourth-order valence-electron chi connectivity index (χ4n) is 2.08. The maximum absolute atomic E-state index is 11.9. The fraction of sp³-hybridized carbons (Fsp3) is 0.500. The molecular weight excluding hydrogens is 238 g/mol. The van der Waals surface area contributed by atoms with Crippen LogP contribution >= 0.6 is 11.3 Å². The molecule has 1 saturated carbocycles. The average Bonchev–Trinajstić information content (AvgIpc) is 2.79. The molecule has 0 bridgehead atoms. The minimum absolute atomic E-state index is 0.144. The number of thiophene rings is 1. The van der Waals surface area contributed by atoms with Crippen molar-refractivity contribution in [1.29, 1.82) is 0 Å². The standard InChI is InChI=1S/C12H15NO3S/c14-11(13-8-4-2-1-3-5-8)9-6-7-10(17-9)12(15)16/h6-8H,1-5H2,(H,13,14)(H,15,16). The zero-order valence-corrected chi connectivity index (χ0v) is 10.3. The van der Waals surface area contributed by atoms with Crippen molar-refractivity contribution in [3.63, 3.8) is 0 Å². The lowest BCUT2D eigenvalue weighted by Crippen LogP contribution is -2.35. The highest BCUT2D eigenvalue weighted by molar-refractivity contribution is 7.15. The number of hydrogen-bond donors (Lipinski definition) is 2. The first-order chi connectivity index (χ1) is 8.16. The molecule has 1 aromatic heterocycles. The van der Waals surface area contributed by atoms with Gasteiger partial charge in [-0.2, -0.15) is 0 Å². The van der Waals surface area contributed by atoms with Crippen LogP contribution in [0.5, 0.6) is 0 Å². The summed E-state index contributed by atoms with van der Waals surface area (Å²) in [6, 6.07) is 3.31. The number of hydrogen-bond acceptors (Lipinski definition) is 3.